The maximum absolute atomic E-state index is 12.1. The van der Waals surface area contributed by atoms with Crippen LogP contribution in [-0.2, 0) is 16.0 Å². The van der Waals surface area contributed by atoms with Crippen molar-refractivity contribution < 1.29 is 9.53 Å². The van der Waals surface area contributed by atoms with Crippen molar-refractivity contribution in [3.8, 4) is 0 Å². The SMILES string of the molecule is CC(C)Cc1ccc(C(C)C(=O)OCCCCCCCl)cc1. The van der Waals surface area contributed by atoms with Crippen LogP contribution in [-0.4, -0.2) is 18.5 Å². The first-order valence-corrected chi connectivity index (χ1v) is 8.89. The van der Waals surface area contributed by atoms with E-state index in [0.717, 1.165) is 37.7 Å². The summed E-state index contributed by atoms with van der Waals surface area (Å²) in [6, 6.07) is 8.32. The summed E-state index contributed by atoms with van der Waals surface area (Å²) in [5.74, 6) is 1.03. The molecule has 1 rings (SSSR count). The Morgan fingerprint density at radius 1 is 1.05 bits per heavy atom. The molecule has 1 atom stereocenters. The van der Waals surface area contributed by atoms with Gasteiger partial charge in [-0.25, -0.2) is 0 Å². The summed E-state index contributed by atoms with van der Waals surface area (Å²) in [6.45, 7) is 6.84. The van der Waals surface area contributed by atoms with Crippen molar-refractivity contribution in [1.29, 1.82) is 0 Å². The lowest BCUT2D eigenvalue weighted by atomic mass is 9.97. The van der Waals surface area contributed by atoms with Crippen LogP contribution in [0.25, 0.3) is 0 Å². The number of hydrogen-bond acceptors (Lipinski definition) is 2. The number of hydrogen-bond donors (Lipinski definition) is 0. The number of carbonyl (C=O) groups excluding carboxylic acids is 1. The van der Waals surface area contributed by atoms with Crippen LogP contribution in [0.15, 0.2) is 24.3 Å². The van der Waals surface area contributed by atoms with Crippen LogP contribution in [0.3, 0.4) is 0 Å². The van der Waals surface area contributed by atoms with Gasteiger partial charge in [-0.3, -0.25) is 4.79 Å². The van der Waals surface area contributed by atoms with Crippen LogP contribution >= 0.6 is 11.6 Å². The Balaban J connectivity index is 2.36. The molecule has 0 aliphatic rings. The second-order valence-corrected chi connectivity index (χ2v) is 6.71. The third-order valence-corrected chi connectivity index (χ3v) is 4.02. The molecule has 124 valence electrons. The van der Waals surface area contributed by atoms with Crippen molar-refractivity contribution in [2.75, 3.05) is 12.5 Å². The van der Waals surface area contributed by atoms with E-state index in [4.69, 9.17) is 16.3 Å². The predicted molar refractivity (Wildman–Crippen MR) is 93.5 cm³/mol. The van der Waals surface area contributed by atoms with Gasteiger partial charge in [-0.05, 0) is 43.2 Å². The Morgan fingerprint density at radius 2 is 1.68 bits per heavy atom. The Morgan fingerprint density at radius 3 is 2.27 bits per heavy atom. The van der Waals surface area contributed by atoms with Crippen molar-refractivity contribution in [1.82, 2.24) is 0 Å². The number of rotatable bonds is 10. The molecule has 0 aliphatic heterocycles. The molecule has 0 saturated carbocycles. The van der Waals surface area contributed by atoms with Gasteiger partial charge in [-0.15, -0.1) is 11.6 Å². The number of unbranched alkanes of at least 4 members (excludes halogenated alkanes) is 3. The van der Waals surface area contributed by atoms with Gasteiger partial charge in [0.05, 0.1) is 12.5 Å². The zero-order valence-corrected chi connectivity index (χ0v) is 14.9. The number of halogens is 1. The van der Waals surface area contributed by atoms with Gasteiger partial charge in [0.25, 0.3) is 0 Å². The highest BCUT2D eigenvalue weighted by molar-refractivity contribution is 6.17. The smallest absolute Gasteiger partial charge is 0.313 e. The third-order valence-electron chi connectivity index (χ3n) is 3.75. The molecule has 0 N–H and O–H groups in total. The minimum atomic E-state index is -0.198. The van der Waals surface area contributed by atoms with Crippen molar-refractivity contribution >= 4 is 17.6 Å². The fourth-order valence-corrected chi connectivity index (χ4v) is 2.59. The fraction of sp³-hybridized carbons (Fsp3) is 0.632. The van der Waals surface area contributed by atoms with E-state index >= 15 is 0 Å². The van der Waals surface area contributed by atoms with E-state index in [9.17, 15) is 4.79 Å². The fourth-order valence-electron chi connectivity index (χ4n) is 2.40. The average molecular weight is 325 g/mol. The van der Waals surface area contributed by atoms with E-state index in [1.54, 1.807) is 0 Å². The summed E-state index contributed by atoms with van der Waals surface area (Å²) in [7, 11) is 0. The first kappa shape index (κ1) is 19.0. The molecule has 0 aromatic heterocycles. The minimum Gasteiger partial charge on any atom is -0.465 e. The van der Waals surface area contributed by atoms with E-state index in [-0.39, 0.29) is 11.9 Å². The quantitative estimate of drug-likeness (QED) is 0.330. The monoisotopic (exact) mass is 324 g/mol. The number of ether oxygens (including phenoxy) is 1. The Hall–Kier alpha value is -1.02. The maximum atomic E-state index is 12.1. The van der Waals surface area contributed by atoms with Gasteiger partial charge in [0.1, 0.15) is 0 Å². The van der Waals surface area contributed by atoms with Crippen LogP contribution in [0.1, 0.15) is 63.5 Å². The van der Waals surface area contributed by atoms with Gasteiger partial charge in [-0.2, -0.15) is 0 Å². The molecule has 2 nitrogen and oxygen atoms in total. The van der Waals surface area contributed by atoms with Crippen molar-refractivity contribution in [2.24, 2.45) is 5.92 Å². The summed E-state index contributed by atoms with van der Waals surface area (Å²) in [5.41, 5.74) is 2.35. The van der Waals surface area contributed by atoms with E-state index in [1.807, 2.05) is 19.1 Å². The first-order chi connectivity index (χ1) is 10.5. The van der Waals surface area contributed by atoms with Gasteiger partial charge in [0, 0.05) is 5.88 Å². The summed E-state index contributed by atoms with van der Waals surface area (Å²) in [6.07, 6.45) is 5.20. The summed E-state index contributed by atoms with van der Waals surface area (Å²) in [4.78, 5) is 12.1. The summed E-state index contributed by atoms with van der Waals surface area (Å²) >= 11 is 5.63. The van der Waals surface area contributed by atoms with Crippen LogP contribution in [0.5, 0.6) is 0 Å². The number of benzene rings is 1. The maximum Gasteiger partial charge on any atom is 0.313 e. The molecule has 0 heterocycles. The van der Waals surface area contributed by atoms with Gasteiger partial charge in [0.2, 0.25) is 0 Å². The summed E-state index contributed by atoms with van der Waals surface area (Å²) in [5, 5.41) is 0. The second kappa shape index (κ2) is 10.7. The molecule has 0 spiro atoms. The van der Waals surface area contributed by atoms with Crippen LogP contribution in [0.4, 0.5) is 0 Å². The number of esters is 1. The highest BCUT2D eigenvalue weighted by Gasteiger charge is 2.16. The normalized spacial score (nSPS) is 12.4. The van der Waals surface area contributed by atoms with E-state index < -0.39 is 0 Å². The second-order valence-electron chi connectivity index (χ2n) is 6.33. The molecule has 0 saturated heterocycles. The average Bonchev–Trinajstić information content (AvgIpc) is 2.50. The van der Waals surface area contributed by atoms with E-state index in [2.05, 4.69) is 26.0 Å². The van der Waals surface area contributed by atoms with Crippen molar-refractivity contribution in [2.45, 2.75) is 58.8 Å². The molecule has 1 unspecified atom stereocenters. The van der Waals surface area contributed by atoms with Gasteiger partial charge < -0.3 is 4.74 Å². The lowest BCUT2D eigenvalue weighted by Gasteiger charge is -2.13. The molecule has 0 amide bonds. The van der Waals surface area contributed by atoms with E-state index in [0.29, 0.717) is 18.4 Å². The first-order valence-electron chi connectivity index (χ1n) is 8.36. The molecule has 0 aliphatic carbocycles. The predicted octanol–water partition coefficient (Wildman–Crippen LogP) is 5.33. The van der Waals surface area contributed by atoms with Gasteiger partial charge in [0.15, 0.2) is 0 Å². The number of alkyl halides is 1. The van der Waals surface area contributed by atoms with Crippen molar-refractivity contribution in [3.05, 3.63) is 35.4 Å². The molecule has 1 aromatic carbocycles. The lowest BCUT2D eigenvalue weighted by molar-refractivity contribution is -0.145. The molecular weight excluding hydrogens is 296 g/mol. The standard InChI is InChI=1S/C19H29ClO2/c1-15(2)14-17-8-10-18(11-9-17)16(3)19(21)22-13-7-5-4-6-12-20/h8-11,15-16H,4-7,12-14H2,1-3H3. The highest BCUT2D eigenvalue weighted by Crippen LogP contribution is 2.19. The molecule has 0 bridgehead atoms. The molecule has 0 fully saturated rings. The number of carbonyl (C=O) groups is 1. The zero-order chi connectivity index (χ0) is 16.4. The summed E-state index contributed by atoms with van der Waals surface area (Å²) < 4.78 is 5.36. The Kier molecular flexibility index (Phi) is 9.22. The Labute approximate surface area is 140 Å². The minimum absolute atomic E-state index is 0.131. The largest absolute Gasteiger partial charge is 0.465 e. The van der Waals surface area contributed by atoms with E-state index in [1.165, 1.54) is 5.56 Å². The van der Waals surface area contributed by atoms with Gasteiger partial charge in [-0.1, -0.05) is 51.0 Å². The van der Waals surface area contributed by atoms with Crippen LogP contribution in [0, 0.1) is 5.92 Å². The zero-order valence-electron chi connectivity index (χ0n) is 14.1. The lowest BCUT2D eigenvalue weighted by Crippen LogP contribution is -2.14. The van der Waals surface area contributed by atoms with Gasteiger partial charge >= 0.3 is 5.97 Å². The van der Waals surface area contributed by atoms with Crippen LogP contribution in [0.2, 0.25) is 0 Å². The molecule has 3 heteroatoms. The topological polar surface area (TPSA) is 26.3 Å². The van der Waals surface area contributed by atoms with Crippen LogP contribution < -0.4 is 0 Å². The van der Waals surface area contributed by atoms with Crippen molar-refractivity contribution in [3.63, 3.8) is 0 Å². The molecule has 22 heavy (non-hydrogen) atoms. The molecule has 1 aromatic rings. The Bertz CT molecular complexity index is 426. The highest BCUT2D eigenvalue weighted by atomic mass is 35.5. The molecule has 0 radical (unpaired) electrons. The molecular formula is C19H29ClO2. The third kappa shape index (κ3) is 7.31.